The number of hydrogen-bond acceptors (Lipinski definition) is 6. The van der Waals surface area contributed by atoms with Crippen LogP contribution < -0.4 is 4.74 Å². The highest BCUT2D eigenvalue weighted by molar-refractivity contribution is 5.83. The second kappa shape index (κ2) is 8.32. The zero-order chi connectivity index (χ0) is 20.3. The van der Waals surface area contributed by atoms with Crippen LogP contribution in [-0.4, -0.2) is 71.4 Å². The lowest BCUT2D eigenvalue weighted by Gasteiger charge is -2.36. The lowest BCUT2D eigenvalue weighted by molar-refractivity contribution is 0.0102. The minimum Gasteiger partial charge on any atom is -0.497 e. The summed E-state index contributed by atoms with van der Waals surface area (Å²) in [6.45, 7) is 8.67. The molecule has 0 unspecified atom stereocenters. The normalized spacial score (nSPS) is 16.8. The van der Waals surface area contributed by atoms with Crippen LogP contribution in [0.15, 0.2) is 30.5 Å². The number of rotatable bonds is 4. The lowest BCUT2D eigenvalue weighted by Crippen LogP contribution is -2.50. The van der Waals surface area contributed by atoms with E-state index in [-0.39, 0.29) is 6.09 Å². The Morgan fingerprint density at radius 3 is 2.57 bits per heavy atom. The maximum absolute atomic E-state index is 12.2. The van der Waals surface area contributed by atoms with Gasteiger partial charge in [-0.2, -0.15) is 0 Å². The number of carbonyl (C=O) groups is 1. The van der Waals surface area contributed by atoms with Crippen LogP contribution in [0.2, 0.25) is 0 Å². The molecule has 1 atom stereocenters. The van der Waals surface area contributed by atoms with Gasteiger partial charge in [-0.25, -0.2) is 4.79 Å². The van der Waals surface area contributed by atoms with Crippen LogP contribution in [0.25, 0.3) is 10.9 Å². The number of nitrogens with zero attached hydrogens (tertiary/aromatic N) is 3. The first-order valence-corrected chi connectivity index (χ1v) is 9.58. The summed E-state index contributed by atoms with van der Waals surface area (Å²) in [5.74, 6) is 0.736. The number of carbonyl (C=O) groups excluding carboxylic acids is 1. The second-order valence-corrected chi connectivity index (χ2v) is 8.07. The van der Waals surface area contributed by atoms with Gasteiger partial charge in [0, 0.05) is 44.3 Å². The molecule has 28 heavy (non-hydrogen) atoms. The molecule has 0 bridgehead atoms. The third-order valence-corrected chi connectivity index (χ3v) is 4.80. The Labute approximate surface area is 165 Å². The monoisotopic (exact) mass is 387 g/mol. The third-order valence-electron chi connectivity index (χ3n) is 4.80. The van der Waals surface area contributed by atoms with Crippen molar-refractivity contribution in [1.29, 1.82) is 0 Å². The molecule has 1 aromatic carbocycles. The van der Waals surface area contributed by atoms with Crippen molar-refractivity contribution in [3.63, 3.8) is 0 Å². The highest BCUT2D eigenvalue weighted by atomic mass is 16.6. The standard InChI is InChI=1S/C21H29N3O4/c1-21(2,3)28-20(26)24-11-9-23(10-12-24)14-19(25)16-7-8-22-18-6-5-15(27-4)13-17(16)18/h5-8,13,19,25H,9-12,14H2,1-4H3/t19-/m0/s1. The predicted molar refractivity (Wildman–Crippen MR) is 108 cm³/mol. The number of fused-ring (bicyclic) bond motifs is 1. The van der Waals surface area contributed by atoms with E-state index in [0.29, 0.717) is 32.7 Å². The Bertz CT molecular complexity index is 826. The van der Waals surface area contributed by atoms with Gasteiger partial charge in [0.15, 0.2) is 0 Å². The molecular weight excluding hydrogens is 358 g/mol. The van der Waals surface area contributed by atoms with E-state index in [0.717, 1.165) is 22.2 Å². The maximum Gasteiger partial charge on any atom is 0.410 e. The number of benzene rings is 1. The maximum atomic E-state index is 12.2. The quantitative estimate of drug-likeness (QED) is 0.870. The molecule has 1 N–H and O–H groups in total. The molecule has 1 saturated heterocycles. The van der Waals surface area contributed by atoms with Gasteiger partial charge in [0.05, 0.1) is 18.7 Å². The molecule has 152 valence electrons. The van der Waals surface area contributed by atoms with Gasteiger partial charge in [-0.05, 0) is 50.6 Å². The van der Waals surface area contributed by atoms with Crippen molar-refractivity contribution >= 4 is 17.0 Å². The average molecular weight is 387 g/mol. The highest BCUT2D eigenvalue weighted by Crippen LogP contribution is 2.27. The fourth-order valence-corrected chi connectivity index (χ4v) is 3.35. The number of methoxy groups -OCH3 is 1. The first-order chi connectivity index (χ1) is 13.3. The van der Waals surface area contributed by atoms with Crippen LogP contribution in [0, 0.1) is 0 Å². The van der Waals surface area contributed by atoms with Gasteiger partial charge in [0.2, 0.25) is 0 Å². The summed E-state index contributed by atoms with van der Waals surface area (Å²) >= 11 is 0. The van der Waals surface area contributed by atoms with Crippen LogP contribution in [-0.2, 0) is 4.74 Å². The first-order valence-electron chi connectivity index (χ1n) is 9.58. The van der Waals surface area contributed by atoms with Crippen molar-refractivity contribution in [2.45, 2.75) is 32.5 Å². The van der Waals surface area contributed by atoms with E-state index in [2.05, 4.69) is 9.88 Å². The van der Waals surface area contributed by atoms with Crippen molar-refractivity contribution < 1.29 is 19.4 Å². The molecule has 2 heterocycles. The Hall–Kier alpha value is -2.38. The molecular formula is C21H29N3O4. The Kier molecular flexibility index (Phi) is 6.05. The second-order valence-electron chi connectivity index (χ2n) is 8.07. The van der Waals surface area contributed by atoms with Crippen molar-refractivity contribution in [2.75, 3.05) is 39.8 Å². The number of piperazine rings is 1. The number of hydrogen-bond donors (Lipinski definition) is 1. The number of amides is 1. The van der Waals surface area contributed by atoms with E-state index in [1.807, 2.05) is 45.0 Å². The minimum atomic E-state index is -0.648. The molecule has 1 aromatic heterocycles. The van der Waals surface area contributed by atoms with Crippen molar-refractivity contribution in [3.8, 4) is 5.75 Å². The largest absolute Gasteiger partial charge is 0.497 e. The van der Waals surface area contributed by atoms with Crippen LogP contribution >= 0.6 is 0 Å². The van der Waals surface area contributed by atoms with Gasteiger partial charge in [0.25, 0.3) is 0 Å². The molecule has 1 amide bonds. The Morgan fingerprint density at radius 2 is 1.93 bits per heavy atom. The molecule has 3 rings (SSSR count). The highest BCUT2D eigenvalue weighted by Gasteiger charge is 2.27. The number of pyridine rings is 1. The van der Waals surface area contributed by atoms with Crippen LogP contribution in [0.5, 0.6) is 5.75 Å². The van der Waals surface area contributed by atoms with E-state index in [1.54, 1.807) is 18.2 Å². The van der Waals surface area contributed by atoms with Gasteiger partial charge in [-0.15, -0.1) is 0 Å². The zero-order valence-electron chi connectivity index (χ0n) is 17.0. The summed E-state index contributed by atoms with van der Waals surface area (Å²) < 4.78 is 10.7. The van der Waals surface area contributed by atoms with Gasteiger partial charge in [0.1, 0.15) is 11.4 Å². The molecule has 7 heteroatoms. The number of ether oxygens (including phenoxy) is 2. The zero-order valence-corrected chi connectivity index (χ0v) is 17.0. The molecule has 0 aliphatic carbocycles. The van der Waals surface area contributed by atoms with E-state index < -0.39 is 11.7 Å². The van der Waals surface area contributed by atoms with Crippen LogP contribution in [0.1, 0.15) is 32.4 Å². The average Bonchev–Trinajstić information content (AvgIpc) is 2.66. The minimum absolute atomic E-state index is 0.278. The molecule has 0 spiro atoms. The van der Waals surface area contributed by atoms with Gasteiger partial charge in [-0.1, -0.05) is 0 Å². The summed E-state index contributed by atoms with van der Waals surface area (Å²) in [6, 6.07) is 7.51. The van der Waals surface area contributed by atoms with Gasteiger partial charge in [-0.3, -0.25) is 9.88 Å². The summed E-state index contributed by atoms with van der Waals surface area (Å²) in [7, 11) is 1.62. The van der Waals surface area contributed by atoms with Gasteiger partial charge >= 0.3 is 6.09 Å². The predicted octanol–water partition coefficient (Wildman–Crippen LogP) is 2.83. The number of aromatic nitrogens is 1. The molecule has 2 aromatic rings. The Morgan fingerprint density at radius 1 is 1.21 bits per heavy atom. The molecule has 1 fully saturated rings. The summed E-state index contributed by atoms with van der Waals surface area (Å²) in [6.07, 6.45) is 0.791. The molecule has 1 aliphatic heterocycles. The number of β-amino-alcohol motifs (C(OH)–C–C–N with tert-alkyl or cyclic N) is 1. The van der Waals surface area contributed by atoms with Crippen LogP contribution in [0.4, 0.5) is 4.79 Å². The molecule has 7 nitrogen and oxygen atoms in total. The van der Waals surface area contributed by atoms with Crippen molar-refractivity contribution in [3.05, 3.63) is 36.0 Å². The lowest BCUT2D eigenvalue weighted by atomic mass is 10.0. The third kappa shape index (κ3) is 4.91. The molecule has 0 saturated carbocycles. The fourth-order valence-electron chi connectivity index (χ4n) is 3.35. The first kappa shape index (κ1) is 20.4. The number of aliphatic hydroxyl groups is 1. The van der Waals surface area contributed by atoms with Crippen LogP contribution in [0.3, 0.4) is 0 Å². The van der Waals surface area contributed by atoms with E-state index in [9.17, 15) is 9.90 Å². The SMILES string of the molecule is COc1ccc2nccc([C@@H](O)CN3CCN(C(=O)OC(C)(C)C)CC3)c2c1. The topological polar surface area (TPSA) is 75.1 Å². The molecule has 1 aliphatic rings. The van der Waals surface area contributed by atoms with E-state index in [4.69, 9.17) is 9.47 Å². The van der Waals surface area contributed by atoms with Crippen molar-refractivity contribution in [1.82, 2.24) is 14.8 Å². The Balaban J connectivity index is 1.63. The fraction of sp³-hybridized carbons (Fsp3) is 0.524. The smallest absolute Gasteiger partial charge is 0.410 e. The number of aliphatic hydroxyl groups excluding tert-OH is 1. The van der Waals surface area contributed by atoms with E-state index in [1.165, 1.54) is 0 Å². The molecule has 0 radical (unpaired) electrons. The van der Waals surface area contributed by atoms with E-state index >= 15 is 0 Å². The summed E-state index contributed by atoms with van der Waals surface area (Å²) in [5.41, 5.74) is 1.17. The van der Waals surface area contributed by atoms with Gasteiger partial charge < -0.3 is 19.5 Å². The summed E-state index contributed by atoms with van der Waals surface area (Å²) in [5, 5.41) is 11.7. The van der Waals surface area contributed by atoms with Crippen molar-refractivity contribution in [2.24, 2.45) is 0 Å². The summed E-state index contributed by atoms with van der Waals surface area (Å²) in [4.78, 5) is 20.4.